The third-order valence-electron chi connectivity index (χ3n) is 4.78. The predicted molar refractivity (Wildman–Crippen MR) is 113 cm³/mol. The number of rotatable bonds is 6. The summed E-state index contributed by atoms with van der Waals surface area (Å²) in [5.41, 5.74) is 1.81. The summed E-state index contributed by atoms with van der Waals surface area (Å²) in [5.74, 6) is 0.153. The molecule has 1 aliphatic heterocycles. The average molecular weight is 417 g/mol. The van der Waals surface area contributed by atoms with Crippen molar-refractivity contribution in [3.8, 4) is 5.75 Å². The van der Waals surface area contributed by atoms with Crippen LogP contribution in [0.3, 0.4) is 0 Å². The van der Waals surface area contributed by atoms with Gasteiger partial charge in [-0.05, 0) is 49.2 Å². The van der Waals surface area contributed by atoms with Crippen molar-refractivity contribution < 1.29 is 19.1 Å². The van der Waals surface area contributed by atoms with E-state index in [4.69, 9.17) is 21.1 Å². The highest BCUT2D eigenvalue weighted by atomic mass is 35.5. The summed E-state index contributed by atoms with van der Waals surface area (Å²) in [6.07, 6.45) is -0.213. The summed E-state index contributed by atoms with van der Waals surface area (Å²) in [4.78, 5) is 27.5. The van der Waals surface area contributed by atoms with Gasteiger partial charge in [0.1, 0.15) is 5.75 Å². The standard InChI is InChI=1S/C22H25ClN2O4/c1-3-20(29-16-8-9-18(23)15(2)14-16)21(26)24-19-7-5-4-6-17(19)22(27)25-10-12-28-13-11-25/h4-9,14,20H,3,10-13H2,1-2H3,(H,24,26)/t20-/m0/s1. The Morgan fingerprint density at radius 1 is 1.21 bits per heavy atom. The van der Waals surface area contributed by atoms with Crippen LogP contribution in [0.15, 0.2) is 42.5 Å². The third-order valence-corrected chi connectivity index (χ3v) is 5.21. The van der Waals surface area contributed by atoms with Gasteiger partial charge in [0.25, 0.3) is 11.8 Å². The van der Waals surface area contributed by atoms with Gasteiger partial charge in [-0.25, -0.2) is 0 Å². The SMILES string of the molecule is CC[C@H](Oc1ccc(Cl)c(C)c1)C(=O)Nc1ccccc1C(=O)N1CCOCC1. The van der Waals surface area contributed by atoms with Crippen molar-refractivity contribution in [3.05, 3.63) is 58.6 Å². The lowest BCUT2D eigenvalue weighted by molar-refractivity contribution is -0.122. The molecule has 1 saturated heterocycles. The highest BCUT2D eigenvalue weighted by molar-refractivity contribution is 6.31. The Morgan fingerprint density at radius 2 is 1.93 bits per heavy atom. The first-order valence-corrected chi connectivity index (χ1v) is 10.1. The summed E-state index contributed by atoms with van der Waals surface area (Å²) in [6, 6.07) is 12.3. The Morgan fingerprint density at radius 3 is 2.62 bits per heavy atom. The molecule has 6 nitrogen and oxygen atoms in total. The van der Waals surface area contributed by atoms with E-state index in [2.05, 4.69) is 5.32 Å². The summed E-state index contributed by atoms with van der Waals surface area (Å²) >= 11 is 6.05. The molecule has 3 rings (SSSR count). The molecule has 154 valence electrons. The quantitative estimate of drug-likeness (QED) is 0.775. The van der Waals surface area contributed by atoms with E-state index in [1.807, 2.05) is 13.8 Å². The van der Waals surface area contributed by atoms with Gasteiger partial charge >= 0.3 is 0 Å². The van der Waals surface area contributed by atoms with E-state index in [0.29, 0.717) is 54.7 Å². The zero-order valence-corrected chi connectivity index (χ0v) is 17.4. The van der Waals surface area contributed by atoms with Gasteiger partial charge in [0, 0.05) is 18.1 Å². The Labute approximate surface area is 175 Å². The van der Waals surface area contributed by atoms with Gasteiger partial charge in [-0.3, -0.25) is 9.59 Å². The lowest BCUT2D eigenvalue weighted by Gasteiger charge is -2.27. The number of nitrogens with zero attached hydrogens (tertiary/aromatic N) is 1. The van der Waals surface area contributed by atoms with E-state index in [0.717, 1.165) is 5.56 Å². The van der Waals surface area contributed by atoms with Crippen LogP contribution in [0.2, 0.25) is 5.02 Å². The molecule has 0 saturated carbocycles. The number of morpholine rings is 1. The molecular formula is C22H25ClN2O4. The number of carbonyl (C=O) groups excluding carboxylic acids is 2. The highest BCUT2D eigenvalue weighted by Crippen LogP contribution is 2.23. The van der Waals surface area contributed by atoms with Crippen LogP contribution in [0.5, 0.6) is 5.75 Å². The number of carbonyl (C=O) groups is 2. The smallest absolute Gasteiger partial charge is 0.265 e. The Hall–Kier alpha value is -2.57. The van der Waals surface area contributed by atoms with Crippen LogP contribution in [0.4, 0.5) is 5.69 Å². The topological polar surface area (TPSA) is 67.9 Å². The molecule has 0 aromatic heterocycles. The van der Waals surface area contributed by atoms with Crippen molar-refractivity contribution in [1.29, 1.82) is 0 Å². The van der Waals surface area contributed by atoms with Crippen LogP contribution in [-0.4, -0.2) is 49.1 Å². The summed E-state index contributed by atoms with van der Waals surface area (Å²) in [5, 5.41) is 3.50. The van der Waals surface area contributed by atoms with Crippen LogP contribution >= 0.6 is 11.6 Å². The number of anilines is 1. The number of halogens is 1. The van der Waals surface area contributed by atoms with E-state index in [1.165, 1.54) is 0 Å². The molecule has 1 fully saturated rings. The first-order valence-electron chi connectivity index (χ1n) is 9.69. The van der Waals surface area contributed by atoms with Crippen molar-refractivity contribution in [3.63, 3.8) is 0 Å². The molecule has 0 unspecified atom stereocenters. The minimum atomic E-state index is -0.692. The molecule has 1 N–H and O–H groups in total. The van der Waals surface area contributed by atoms with Crippen LogP contribution in [-0.2, 0) is 9.53 Å². The first kappa shape index (κ1) is 21.1. The summed E-state index contributed by atoms with van der Waals surface area (Å²) in [7, 11) is 0. The molecule has 29 heavy (non-hydrogen) atoms. The minimum absolute atomic E-state index is 0.119. The van der Waals surface area contributed by atoms with Crippen LogP contribution < -0.4 is 10.1 Å². The molecule has 1 heterocycles. The highest BCUT2D eigenvalue weighted by Gasteiger charge is 2.24. The molecule has 7 heteroatoms. The van der Waals surface area contributed by atoms with Crippen LogP contribution in [0.25, 0.3) is 0 Å². The van der Waals surface area contributed by atoms with Gasteiger partial charge in [0.05, 0.1) is 24.5 Å². The van der Waals surface area contributed by atoms with Crippen LogP contribution in [0, 0.1) is 6.92 Å². The maximum atomic E-state index is 12.9. The number of hydrogen-bond donors (Lipinski definition) is 1. The number of aryl methyl sites for hydroxylation is 1. The third kappa shape index (κ3) is 5.28. The largest absolute Gasteiger partial charge is 0.481 e. The molecular weight excluding hydrogens is 392 g/mol. The second-order valence-electron chi connectivity index (χ2n) is 6.87. The normalized spacial score (nSPS) is 14.9. The number of para-hydroxylation sites is 1. The fourth-order valence-electron chi connectivity index (χ4n) is 3.11. The molecule has 0 aliphatic carbocycles. The van der Waals surface area contributed by atoms with E-state index < -0.39 is 6.10 Å². The van der Waals surface area contributed by atoms with Crippen molar-refractivity contribution >= 4 is 29.1 Å². The summed E-state index contributed by atoms with van der Waals surface area (Å²) < 4.78 is 11.2. The number of nitrogens with one attached hydrogen (secondary N) is 1. The number of amides is 2. The fourth-order valence-corrected chi connectivity index (χ4v) is 3.22. The van der Waals surface area contributed by atoms with E-state index in [9.17, 15) is 9.59 Å². The molecule has 0 spiro atoms. The predicted octanol–water partition coefficient (Wildman–Crippen LogP) is 3.92. The van der Waals surface area contributed by atoms with Crippen molar-refractivity contribution in [1.82, 2.24) is 4.90 Å². The average Bonchev–Trinajstić information content (AvgIpc) is 2.75. The molecule has 1 aliphatic rings. The number of hydrogen-bond acceptors (Lipinski definition) is 4. The maximum Gasteiger partial charge on any atom is 0.265 e. The van der Waals surface area contributed by atoms with Gasteiger partial charge in [-0.15, -0.1) is 0 Å². The fraction of sp³-hybridized carbons (Fsp3) is 0.364. The van der Waals surface area contributed by atoms with E-state index in [-0.39, 0.29) is 11.8 Å². The molecule has 2 aromatic carbocycles. The lowest BCUT2D eigenvalue weighted by Crippen LogP contribution is -2.41. The maximum absolute atomic E-state index is 12.9. The molecule has 2 aromatic rings. The van der Waals surface area contributed by atoms with Gasteiger partial charge in [0.15, 0.2) is 6.10 Å². The molecule has 2 amide bonds. The second kappa shape index (κ2) is 9.76. The van der Waals surface area contributed by atoms with Gasteiger partial charge in [-0.1, -0.05) is 30.7 Å². The zero-order chi connectivity index (χ0) is 20.8. The Kier molecular flexibility index (Phi) is 7.12. The molecule has 1 atom stereocenters. The van der Waals surface area contributed by atoms with Gasteiger partial charge < -0.3 is 19.7 Å². The molecule has 0 radical (unpaired) electrons. The minimum Gasteiger partial charge on any atom is -0.481 e. The van der Waals surface area contributed by atoms with Crippen LogP contribution in [0.1, 0.15) is 29.3 Å². The number of ether oxygens (including phenoxy) is 2. The summed E-state index contributed by atoms with van der Waals surface area (Å²) in [6.45, 7) is 5.87. The first-order chi connectivity index (χ1) is 14.0. The Balaban J connectivity index is 1.73. The lowest BCUT2D eigenvalue weighted by atomic mass is 10.1. The number of benzene rings is 2. The van der Waals surface area contributed by atoms with Crippen molar-refractivity contribution in [2.24, 2.45) is 0 Å². The van der Waals surface area contributed by atoms with E-state index in [1.54, 1.807) is 47.4 Å². The van der Waals surface area contributed by atoms with Gasteiger partial charge in [0.2, 0.25) is 0 Å². The Bertz CT molecular complexity index is 881. The monoisotopic (exact) mass is 416 g/mol. The van der Waals surface area contributed by atoms with E-state index >= 15 is 0 Å². The molecule has 0 bridgehead atoms. The van der Waals surface area contributed by atoms with Gasteiger partial charge in [-0.2, -0.15) is 0 Å². The van der Waals surface area contributed by atoms with Crippen molar-refractivity contribution in [2.45, 2.75) is 26.4 Å². The zero-order valence-electron chi connectivity index (χ0n) is 16.6. The second-order valence-corrected chi connectivity index (χ2v) is 7.27. The van der Waals surface area contributed by atoms with Crippen molar-refractivity contribution in [2.75, 3.05) is 31.6 Å².